The van der Waals surface area contributed by atoms with E-state index >= 15 is 0 Å². The predicted molar refractivity (Wildman–Crippen MR) is 73.9 cm³/mol. The largest absolute Gasteiger partial charge is 0.497 e. The van der Waals surface area contributed by atoms with Crippen molar-refractivity contribution in [1.29, 1.82) is 0 Å². The van der Waals surface area contributed by atoms with Crippen molar-refractivity contribution in [3.63, 3.8) is 0 Å². The Morgan fingerprint density at radius 2 is 1.95 bits per heavy atom. The molecule has 2 amide bonds. The molecule has 0 atom stereocenters. The topological polar surface area (TPSA) is 67.9 Å². The number of nitrogens with zero attached hydrogens (tertiary/aromatic N) is 1. The van der Waals surface area contributed by atoms with Gasteiger partial charge in [0.15, 0.2) is 0 Å². The zero-order chi connectivity index (χ0) is 14.7. The highest BCUT2D eigenvalue weighted by molar-refractivity contribution is 5.95. The molecular formula is C14H18N2O4. The zero-order valence-corrected chi connectivity index (χ0v) is 11.8. The highest BCUT2D eigenvalue weighted by Crippen LogP contribution is 2.30. The number of nitrogens with one attached hydrogen (secondary N) is 1. The van der Waals surface area contributed by atoms with Crippen LogP contribution in [0.25, 0.3) is 0 Å². The van der Waals surface area contributed by atoms with Crippen LogP contribution in [0.2, 0.25) is 0 Å². The summed E-state index contributed by atoms with van der Waals surface area (Å²) >= 11 is 0. The number of hydrogen-bond donors (Lipinski definition) is 1. The summed E-state index contributed by atoms with van der Waals surface area (Å²) < 4.78 is 10.3. The van der Waals surface area contributed by atoms with Gasteiger partial charge in [0.25, 0.3) is 0 Å². The van der Waals surface area contributed by atoms with Crippen LogP contribution in [0, 0.1) is 5.92 Å². The van der Waals surface area contributed by atoms with Crippen molar-refractivity contribution < 1.29 is 19.1 Å². The van der Waals surface area contributed by atoms with Crippen molar-refractivity contribution in [1.82, 2.24) is 4.90 Å². The first-order valence-corrected chi connectivity index (χ1v) is 6.33. The third-order valence-corrected chi connectivity index (χ3v) is 3.36. The maximum absolute atomic E-state index is 12.0. The average Bonchev–Trinajstić information content (AvgIpc) is 2.36. The van der Waals surface area contributed by atoms with E-state index in [4.69, 9.17) is 9.47 Å². The van der Waals surface area contributed by atoms with Gasteiger partial charge in [-0.15, -0.1) is 0 Å². The highest BCUT2D eigenvalue weighted by atomic mass is 16.5. The first kappa shape index (κ1) is 14.2. The molecule has 1 aromatic carbocycles. The molecule has 6 heteroatoms. The maximum Gasteiger partial charge on any atom is 0.231 e. The van der Waals surface area contributed by atoms with Crippen LogP contribution in [0.1, 0.15) is 6.92 Å². The Kier molecular flexibility index (Phi) is 4.12. The summed E-state index contributed by atoms with van der Waals surface area (Å²) in [6.07, 6.45) is 0. The lowest BCUT2D eigenvalue weighted by atomic mass is 9.99. The van der Waals surface area contributed by atoms with Crippen molar-refractivity contribution in [2.24, 2.45) is 5.92 Å². The van der Waals surface area contributed by atoms with Gasteiger partial charge >= 0.3 is 0 Å². The van der Waals surface area contributed by atoms with Gasteiger partial charge in [-0.1, -0.05) is 0 Å². The normalized spacial score (nSPS) is 14.4. The molecule has 6 nitrogen and oxygen atoms in total. The van der Waals surface area contributed by atoms with Crippen LogP contribution in [0.4, 0.5) is 5.69 Å². The minimum Gasteiger partial charge on any atom is -0.497 e. The summed E-state index contributed by atoms with van der Waals surface area (Å²) in [5.74, 6) is 0.930. The van der Waals surface area contributed by atoms with E-state index in [1.807, 2.05) is 0 Å². The highest BCUT2D eigenvalue weighted by Gasteiger charge is 2.34. The molecule has 1 aromatic rings. The Morgan fingerprint density at radius 3 is 2.50 bits per heavy atom. The van der Waals surface area contributed by atoms with Crippen LogP contribution in [-0.4, -0.2) is 44.0 Å². The second-order valence-electron chi connectivity index (χ2n) is 4.68. The second kappa shape index (κ2) is 5.81. The summed E-state index contributed by atoms with van der Waals surface area (Å²) in [5, 5.41) is 2.82. The average molecular weight is 278 g/mol. The van der Waals surface area contributed by atoms with Crippen LogP contribution in [0.3, 0.4) is 0 Å². The number of carbonyl (C=O) groups is 2. The number of anilines is 1. The molecule has 0 unspecified atom stereocenters. The van der Waals surface area contributed by atoms with Gasteiger partial charge in [0.2, 0.25) is 11.8 Å². The molecule has 0 spiro atoms. The Morgan fingerprint density at radius 1 is 1.25 bits per heavy atom. The SMILES string of the molecule is COc1ccc(NC(=O)C2CN(C(C)=O)C2)c(OC)c1. The molecule has 0 saturated carbocycles. The number of methoxy groups -OCH3 is 2. The van der Waals surface area contributed by atoms with Gasteiger partial charge in [0.1, 0.15) is 11.5 Å². The quantitative estimate of drug-likeness (QED) is 0.896. The van der Waals surface area contributed by atoms with E-state index in [0.29, 0.717) is 30.3 Å². The Bertz CT molecular complexity index is 524. The molecule has 0 radical (unpaired) electrons. The van der Waals surface area contributed by atoms with Gasteiger partial charge in [-0.3, -0.25) is 9.59 Å². The van der Waals surface area contributed by atoms with Crippen LogP contribution in [0.15, 0.2) is 18.2 Å². The molecule has 1 N–H and O–H groups in total. The Labute approximate surface area is 117 Å². The van der Waals surface area contributed by atoms with Crippen molar-refractivity contribution in [2.75, 3.05) is 32.6 Å². The number of carbonyl (C=O) groups excluding carboxylic acids is 2. The lowest BCUT2D eigenvalue weighted by Gasteiger charge is -2.37. The van der Waals surface area contributed by atoms with E-state index in [-0.39, 0.29) is 17.7 Å². The minimum absolute atomic E-state index is 0.00363. The molecule has 0 aromatic heterocycles. The molecule has 0 aliphatic carbocycles. The van der Waals surface area contributed by atoms with E-state index in [2.05, 4.69) is 5.32 Å². The van der Waals surface area contributed by atoms with Crippen molar-refractivity contribution >= 4 is 17.5 Å². The number of likely N-dealkylation sites (tertiary alicyclic amines) is 1. The van der Waals surface area contributed by atoms with Gasteiger partial charge in [-0.25, -0.2) is 0 Å². The number of amides is 2. The molecule has 0 bridgehead atoms. The third-order valence-electron chi connectivity index (χ3n) is 3.36. The van der Waals surface area contributed by atoms with Gasteiger partial charge in [0.05, 0.1) is 25.8 Å². The van der Waals surface area contributed by atoms with E-state index < -0.39 is 0 Å². The fraction of sp³-hybridized carbons (Fsp3) is 0.429. The van der Waals surface area contributed by atoms with Crippen molar-refractivity contribution in [2.45, 2.75) is 6.92 Å². The molecule has 1 aliphatic heterocycles. The Hall–Kier alpha value is -2.24. The molecule has 2 rings (SSSR count). The monoisotopic (exact) mass is 278 g/mol. The lowest BCUT2D eigenvalue weighted by molar-refractivity contribution is -0.139. The first-order valence-electron chi connectivity index (χ1n) is 6.33. The third kappa shape index (κ3) is 2.84. The molecular weight excluding hydrogens is 260 g/mol. The second-order valence-corrected chi connectivity index (χ2v) is 4.68. The number of hydrogen-bond acceptors (Lipinski definition) is 4. The molecule has 1 heterocycles. The molecule has 108 valence electrons. The van der Waals surface area contributed by atoms with Gasteiger partial charge < -0.3 is 19.7 Å². The fourth-order valence-corrected chi connectivity index (χ4v) is 2.04. The lowest BCUT2D eigenvalue weighted by Crippen LogP contribution is -2.53. The summed E-state index contributed by atoms with van der Waals surface area (Å²) in [4.78, 5) is 24.8. The van der Waals surface area contributed by atoms with E-state index in [1.54, 1.807) is 30.2 Å². The van der Waals surface area contributed by atoms with Crippen molar-refractivity contribution in [3.05, 3.63) is 18.2 Å². The maximum atomic E-state index is 12.0. The number of rotatable bonds is 4. The summed E-state index contributed by atoms with van der Waals surface area (Å²) in [7, 11) is 3.10. The fourth-order valence-electron chi connectivity index (χ4n) is 2.04. The van der Waals surface area contributed by atoms with E-state index in [0.717, 1.165) is 0 Å². The Balaban J connectivity index is 2.00. The minimum atomic E-state index is -0.161. The summed E-state index contributed by atoms with van der Waals surface area (Å²) in [5.41, 5.74) is 0.597. The number of ether oxygens (including phenoxy) is 2. The molecule has 1 aliphatic rings. The van der Waals surface area contributed by atoms with Crippen LogP contribution < -0.4 is 14.8 Å². The summed E-state index contributed by atoms with van der Waals surface area (Å²) in [6.45, 7) is 2.44. The number of benzene rings is 1. The van der Waals surface area contributed by atoms with Crippen LogP contribution in [0.5, 0.6) is 11.5 Å². The predicted octanol–water partition coefficient (Wildman–Crippen LogP) is 1.12. The van der Waals surface area contributed by atoms with Gasteiger partial charge in [-0.2, -0.15) is 0 Å². The smallest absolute Gasteiger partial charge is 0.231 e. The molecule has 1 saturated heterocycles. The summed E-state index contributed by atoms with van der Waals surface area (Å²) in [6, 6.07) is 5.19. The molecule has 1 fully saturated rings. The first-order chi connectivity index (χ1) is 9.55. The standard InChI is InChI=1S/C14H18N2O4/c1-9(17)16-7-10(8-16)14(18)15-12-5-4-11(19-2)6-13(12)20-3/h4-6,10H,7-8H2,1-3H3,(H,15,18). The van der Waals surface area contributed by atoms with Gasteiger partial charge in [0, 0.05) is 26.1 Å². The van der Waals surface area contributed by atoms with Crippen LogP contribution in [-0.2, 0) is 9.59 Å². The van der Waals surface area contributed by atoms with E-state index in [1.165, 1.54) is 14.0 Å². The zero-order valence-electron chi connectivity index (χ0n) is 11.8. The van der Waals surface area contributed by atoms with Crippen LogP contribution >= 0.6 is 0 Å². The molecule has 20 heavy (non-hydrogen) atoms. The van der Waals surface area contributed by atoms with Gasteiger partial charge in [-0.05, 0) is 12.1 Å². The van der Waals surface area contributed by atoms with Crippen molar-refractivity contribution in [3.8, 4) is 11.5 Å². The van der Waals surface area contributed by atoms with E-state index in [9.17, 15) is 9.59 Å².